The highest BCUT2D eigenvalue weighted by Gasteiger charge is 2.20. The molecule has 0 spiro atoms. The van der Waals surface area contributed by atoms with Gasteiger partial charge in [0.25, 0.3) is 0 Å². The van der Waals surface area contributed by atoms with Crippen molar-refractivity contribution in [2.24, 2.45) is 5.92 Å². The van der Waals surface area contributed by atoms with Crippen LogP contribution in [0, 0.1) is 18.7 Å². The molecule has 1 aromatic carbocycles. The van der Waals surface area contributed by atoms with E-state index >= 15 is 0 Å². The summed E-state index contributed by atoms with van der Waals surface area (Å²) in [5.41, 5.74) is 8.18. The van der Waals surface area contributed by atoms with Crippen LogP contribution in [0.25, 0.3) is 11.0 Å². The van der Waals surface area contributed by atoms with Crippen LogP contribution in [0.1, 0.15) is 38.8 Å². The second-order valence-electron chi connectivity index (χ2n) is 5.15. The second kappa shape index (κ2) is 4.59. The summed E-state index contributed by atoms with van der Waals surface area (Å²) >= 11 is 0. The van der Waals surface area contributed by atoms with Crippen LogP contribution in [-0.2, 0) is 0 Å². The molecule has 0 saturated heterocycles. The Kier molecular flexibility index (Phi) is 3.28. The minimum Gasteiger partial charge on any atom is -0.369 e. The first-order valence-corrected chi connectivity index (χ1v) is 6.39. The molecule has 0 aliphatic carbocycles. The first-order chi connectivity index (χ1) is 8.45. The maximum atomic E-state index is 13.5. The quantitative estimate of drug-likeness (QED) is 0.901. The predicted molar refractivity (Wildman–Crippen MR) is 73.0 cm³/mol. The molecule has 2 aromatic rings. The Balaban J connectivity index is 2.70. The van der Waals surface area contributed by atoms with Crippen LogP contribution in [0.15, 0.2) is 12.1 Å². The molecule has 18 heavy (non-hydrogen) atoms. The normalized spacial score (nSPS) is 13.4. The Labute approximate surface area is 107 Å². The fraction of sp³-hybridized carbons (Fsp3) is 0.500. The standard InChI is InChI=1S/C14H20FN3/c1-5-12(8(2)3)18-13-6-9(4)10(15)7-11(13)17-14(18)16/h6-8,12H,5H2,1-4H3,(H2,16,17). The molecule has 0 aliphatic heterocycles. The number of nitrogens with zero attached hydrogens (tertiary/aromatic N) is 2. The van der Waals surface area contributed by atoms with Crippen LogP contribution in [0.5, 0.6) is 0 Å². The fourth-order valence-corrected chi connectivity index (χ4v) is 2.54. The van der Waals surface area contributed by atoms with Crippen molar-refractivity contribution < 1.29 is 4.39 Å². The average Bonchev–Trinajstić information content (AvgIpc) is 2.57. The predicted octanol–water partition coefficient (Wildman–Crippen LogP) is 3.67. The van der Waals surface area contributed by atoms with Gasteiger partial charge in [0.15, 0.2) is 0 Å². The summed E-state index contributed by atoms with van der Waals surface area (Å²) in [6, 6.07) is 3.59. The van der Waals surface area contributed by atoms with Crippen molar-refractivity contribution in [2.45, 2.75) is 40.2 Å². The van der Waals surface area contributed by atoms with Gasteiger partial charge in [-0.05, 0) is 30.9 Å². The monoisotopic (exact) mass is 249 g/mol. The van der Waals surface area contributed by atoms with E-state index < -0.39 is 0 Å². The van der Waals surface area contributed by atoms with Gasteiger partial charge >= 0.3 is 0 Å². The van der Waals surface area contributed by atoms with E-state index in [4.69, 9.17) is 5.73 Å². The summed E-state index contributed by atoms with van der Waals surface area (Å²) in [6.45, 7) is 8.22. The maximum Gasteiger partial charge on any atom is 0.201 e. The number of anilines is 1. The molecule has 0 amide bonds. The summed E-state index contributed by atoms with van der Waals surface area (Å²) < 4.78 is 15.6. The van der Waals surface area contributed by atoms with E-state index in [-0.39, 0.29) is 5.82 Å². The molecular weight excluding hydrogens is 229 g/mol. The molecular formula is C14H20FN3. The lowest BCUT2D eigenvalue weighted by Gasteiger charge is -2.22. The van der Waals surface area contributed by atoms with Crippen molar-refractivity contribution in [3.63, 3.8) is 0 Å². The van der Waals surface area contributed by atoms with Gasteiger partial charge in [-0.15, -0.1) is 0 Å². The zero-order valence-electron chi connectivity index (χ0n) is 11.4. The number of benzene rings is 1. The number of hydrogen-bond donors (Lipinski definition) is 1. The lowest BCUT2D eigenvalue weighted by atomic mass is 10.0. The molecule has 0 saturated carbocycles. The van der Waals surface area contributed by atoms with Gasteiger partial charge < -0.3 is 10.3 Å². The number of hydrogen-bond acceptors (Lipinski definition) is 2. The molecule has 2 rings (SSSR count). The van der Waals surface area contributed by atoms with E-state index in [9.17, 15) is 4.39 Å². The maximum absolute atomic E-state index is 13.5. The number of halogens is 1. The highest BCUT2D eigenvalue weighted by atomic mass is 19.1. The lowest BCUT2D eigenvalue weighted by molar-refractivity contribution is 0.377. The van der Waals surface area contributed by atoms with Gasteiger partial charge in [-0.2, -0.15) is 0 Å². The molecule has 4 heteroatoms. The molecule has 1 atom stereocenters. The molecule has 1 aromatic heterocycles. The third-order valence-electron chi connectivity index (χ3n) is 3.52. The van der Waals surface area contributed by atoms with Crippen LogP contribution >= 0.6 is 0 Å². The van der Waals surface area contributed by atoms with Gasteiger partial charge in [-0.3, -0.25) is 0 Å². The Morgan fingerprint density at radius 2 is 2.06 bits per heavy atom. The fourth-order valence-electron chi connectivity index (χ4n) is 2.54. The number of nitrogens with two attached hydrogens (primary N) is 1. The van der Waals surface area contributed by atoms with Gasteiger partial charge in [0.2, 0.25) is 5.95 Å². The van der Waals surface area contributed by atoms with E-state index in [1.54, 1.807) is 6.92 Å². The van der Waals surface area contributed by atoms with Crippen molar-refractivity contribution in [1.29, 1.82) is 0 Å². The first-order valence-electron chi connectivity index (χ1n) is 6.39. The summed E-state index contributed by atoms with van der Waals surface area (Å²) in [5, 5.41) is 0. The Morgan fingerprint density at radius 3 is 2.61 bits per heavy atom. The topological polar surface area (TPSA) is 43.8 Å². The van der Waals surface area contributed by atoms with Crippen LogP contribution in [0.2, 0.25) is 0 Å². The van der Waals surface area contributed by atoms with Gasteiger partial charge in [0.05, 0.1) is 11.0 Å². The molecule has 2 N–H and O–H groups in total. The third kappa shape index (κ3) is 1.96. The van der Waals surface area contributed by atoms with Crippen LogP contribution < -0.4 is 5.73 Å². The second-order valence-corrected chi connectivity index (χ2v) is 5.15. The summed E-state index contributed by atoms with van der Waals surface area (Å²) in [7, 11) is 0. The Hall–Kier alpha value is -1.58. The minimum absolute atomic E-state index is 0.232. The van der Waals surface area contributed by atoms with Gasteiger partial charge in [-0.1, -0.05) is 20.8 Å². The molecule has 3 nitrogen and oxygen atoms in total. The molecule has 98 valence electrons. The number of fused-ring (bicyclic) bond motifs is 1. The van der Waals surface area contributed by atoms with E-state index in [2.05, 4.69) is 25.8 Å². The average molecular weight is 249 g/mol. The van der Waals surface area contributed by atoms with Crippen molar-refractivity contribution in [3.05, 3.63) is 23.5 Å². The van der Waals surface area contributed by atoms with Crippen molar-refractivity contribution >= 4 is 17.0 Å². The summed E-state index contributed by atoms with van der Waals surface area (Å²) in [4.78, 5) is 4.27. The van der Waals surface area contributed by atoms with E-state index in [0.29, 0.717) is 29.0 Å². The van der Waals surface area contributed by atoms with Crippen LogP contribution in [0.4, 0.5) is 10.3 Å². The number of nitrogen functional groups attached to an aromatic ring is 1. The number of aryl methyl sites for hydroxylation is 1. The molecule has 0 fully saturated rings. The van der Waals surface area contributed by atoms with E-state index in [1.807, 2.05) is 10.6 Å². The minimum atomic E-state index is -0.232. The lowest BCUT2D eigenvalue weighted by Crippen LogP contribution is -2.16. The summed E-state index contributed by atoms with van der Waals surface area (Å²) in [6.07, 6.45) is 0.976. The number of aromatic nitrogens is 2. The SMILES string of the molecule is CCC(C(C)C)n1c(N)nc2cc(F)c(C)cc21. The van der Waals surface area contributed by atoms with Gasteiger partial charge in [0.1, 0.15) is 5.82 Å². The number of rotatable bonds is 3. The summed E-state index contributed by atoms with van der Waals surface area (Å²) in [5.74, 6) is 0.695. The number of imidazole rings is 1. The van der Waals surface area contributed by atoms with Crippen LogP contribution in [-0.4, -0.2) is 9.55 Å². The Morgan fingerprint density at radius 1 is 1.39 bits per heavy atom. The largest absolute Gasteiger partial charge is 0.369 e. The zero-order chi connectivity index (χ0) is 13.4. The highest BCUT2D eigenvalue weighted by molar-refractivity contribution is 5.79. The van der Waals surface area contributed by atoms with Gasteiger partial charge in [0, 0.05) is 12.1 Å². The van der Waals surface area contributed by atoms with Crippen molar-refractivity contribution in [2.75, 3.05) is 5.73 Å². The van der Waals surface area contributed by atoms with Gasteiger partial charge in [-0.25, -0.2) is 9.37 Å². The van der Waals surface area contributed by atoms with Crippen molar-refractivity contribution in [1.82, 2.24) is 9.55 Å². The molecule has 1 unspecified atom stereocenters. The first kappa shape index (κ1) is 12.9. The highest BCUT2D eigenvalue weighted by Crippen LogP contribution is 2.30. The third-order valence-corrected chi connectivity index (χ3v) is 3.52. The zero-order valence-corrected chi connectivity index (χ0v) is 11.4. The van der Waals surface area contributed by atoms with Crippen LogP contribution in [0.3, 0.4) is 0 Å². The van der Waals surface area contributed by atoms with Crippen molar-refractivity contribution in [3.8, 4) is 0 Å². The molecule has 0 radical (unpaired) electrons. The van der Waals surface area contributed by atoms with E-state index in [0.717, 1.165) is 11.9 Å². The molecule has 0 bridgehead atoms. The van der Waals surface area contributed by atoms with E-state index in [1.165, 1.54) is 6.07 Å². The smallest absolute Gasteiger partial charge is 0.201 e. The molecule has 1 heterocycles. The Bertz CT molecular complexity index is 572. The molecule has 0 aliphatic rings.